The van der Waals surface area contributed by atoms with Gasteiger partial charge in [0, 0.05) is 6.92 Å². The smallest absolute Gasteiger partial charge is 0.276 e. The van der Waals surface area contributed by atoms with Crippen molar-refractivity contribution in [3.8, 4) is 0 Å². The van der Waals surface area contributed by atoms with Crippen LogP contribution in [0.3, 0.4) is 0 Å². The number of rotatable bonds is 4. The minimum atomic E-state index is -0.861. The summed E-state index contributed by atoms with van der Waals surface area (Å²) in [6.45, 7) is 1.31. The summed E-state index contributed by atoms with van der Waals surface area (Å²) in [5, 5.41) is 5.34. The molecule has 0 aliphatic heterocycles. The zero-order valence-corrected chi connectivity index (χ0v) is 12.3. The van der Waals surface area contributed by atoms with Gasteiger partial charge < -0.3 is 10.2 Å². The number of oxime groups is 1. The van der Waals surface area contributed by atoms with Crippen LogP contribution in [-0.4, -0.2) is 29.0 Å². The van der Waals surface area contributed by atoms with E-state index in [4.69, 9.17) is 23.2 Å². The molecule has 6 nitrogen and oxygen atoms in total. The second-order valence-electron chi connectivity index (χ2n) is 2.72. The highest BCUT2D eigenvalue weighted by Crippen LogP contribution is 2.29. The van der Waals surface area contributed by atoms with Crippen molar-refractivity contribution >= 4 is 68.8 Å². The van der Waals surface area contributed by atoms with E-state index >= 15 is 0 Å². The van der Waals surface area contributed by atoms with Gasteiger partial charge in [0.15, 0.2) is 10.2 Å². The average Bonchev–Trinajstić information content (AvgIpc) is 2.54. The maximum Gasteiger partial charge on any atom is 0.276 e. The summed E-state index contributed by atoms with van der Waals surface area (Å²) in [5.41, 5.74) is -0.141. The van der Waals surface area contributed by atoms with Gasteiger partial charge in [-0.25, -0.2) is 4.98 Å². The van der Waals surface area contributed by atoms with Crippen LogP contribution in [0.1, 0.15) is 12.6 Å². The van der Waals surface area contributed by atoms with Crippen LogP contribution in [-0.2, 0) is 14.4 Å². The number of hydrogen-bond donors (Lipinski definition) is 1. The van der Waals surface area contributed by atoms with E-state index in [0.29, 0.717) is 0 Å². The van der Waals surface area contributed by atoms with Crippen LogP contribution < -0.4 is 5.32 Å². The minimum absolute atomic E-state index is 0. The second kappa shape index (κ2) is 7.52. The fraction of sp³-hybridized carbons (Fsp3) is 0.250. The summed E-state index contributed by atoms with van der Waals surface area (Å²) in [7, 11) is 1.26. The number of anilines is 1. The van der Waals surface area contributed by atoms with Gasteiger partial charge in [0.1, 0.15) is 17.8 Å². The molecule has 18 heavy (non-hydrogen) atoms. The molecule has 0 atom stereocenters. The quantitative estimate of drug-likeness (QED) is 0.521. The van der Waals surface area contributed by atoms with Crippen molar-refractivity contribution in [2.45, 2.75) is 6.92 Å². The average molecular weight is 333 g/mol. The summed E-state index contributed by atoms with van der Waals surface area (Å²) in [5.74, 6) is -0.328. The number of halogens is 3. The van der Waals surface area contributed by atoms with Crippen LogP contribution in [0, 0.1) is 0 Å². The molecule has 0 radical (unpaired) electrons. The Bertz CT molecular complexity index is 489. The lowest BCUT2D eigenvalue weighted by molar-refractivity contribution is -0.114. The summed E-state index contributed by atoms with van der Waals surface area (Å²) in [6, 6.07) is 0. The Morgan fingerprint density at radius 3 is 2.56 bits per heavy atom. The largest absolute Gasteiger partial charge is 0.398 e. The highest BCUT2D eigenvalue weighted by atomic mass is 35.5. The summed E-state index contributed by atoms with van der Waals surface area (Å²) >= 11 is 12.0. The number of nitrogens with one attached hydrogen (secondary N) is 1. The lowest BCUT2D eigenvalue weighted by atomic mass is 10.3. The Balaban J connectivity index is 0.00000289. The van der Waals surface area contributed by atoms with Crippen LogP contribution in [0.2, 0.25) is 4.47 Å². The Kier molecular flexibility index (Phi) is 7.15. The van der Waals surface area contributed by atoms with Crippen LogP contribution in [0.5, 0.6) is 0 Å². The molecular weight excluding hydrogens is 325 g/mol. The molecular formula is C8H8Cl3N3O3S. The fourth-order valence-electron chi connectivity index (χ4n) is 0.963. The molecule has 0 aliphatic rings. The van der Waals surface area contributed by atoms with E-state index in [0.717, 1.165) is 11.3 Å². The second-order valence-corrected chi connectivity index (χ2v) is 4.65. The normalized spacial score (nSPS) is 10.6. The zero-order chi connectivity index (χ0) is 13.0. The third-order valence-corrected chi connectivity index (χ3v) is 2.74. The SMILES string of the molecule is CON=C(C(=O)Cl)c1nc(Cl)sc1NC(C)=O.Cl. The molecule has 1 heterocycles. The number of amides is 1. The molecule has 1 amide bonds. The standard InChI is InChI=1S/C8H7Cl2N3O3S.ClH/c1-3(14)11-7-5(12-8(10)17-7)4(6(9)15)13-16-2;/h1-2H3,(H,11,14);1H. The molecule has 1 rings (SSSR count). The molecule has 0 fully saturated rings. The highest BCUT2D eigenvalue weighted by molar-refractivity contribution is 7.20. The van der Waals surface area contributed by atoms with Gasteiger partial charge in [0.05, 0.1) is 0 Å². The van der Waals surface area contributed by atoms with Crippen molar-refractivity contribution in [1.29, 1.82) is 0 Å². The van der Waals surface area contributed by atoms with E-state index in [2.05, 4.69) is 20.3 Å². The Morgan fingerprint density at radius 1 is 1.50 bits per heavy atom. The predicted octanol–water partition coefficient (Wildman–Crippen LogP) is 2.29. The molecule has 1 aromatic rings. The summed E-state index contributed by atoms with van der Waals surface area (Å²) < 4.78 is 0.144. The van der Waals surface area contributed by atoms with E-state index in [1.807, 2.05) is 0 Å². The molecule has 0 spiro atoms. The molecule has 1 aromatic heterocycles. The topological polar surface area (TPSA) is 80.7 Å². The van der Waals surface area contributed by atoms with Gasteiger partial charge in [-0.05, 0) is 11.6 Å². The first-order chi connectivity index (χ1) is 7.95. The number of aromatic nitrogens is 1. The van der Waals surface area contributed by atoms with Crippen molar-refractivity contribution < 1.29 is 14.4 Å². The molecule has 10 heteroatoms. The van der Waals surface area contributed by atoms with Gasteiger partial charge in [-0.15, -0.1) is 12.4 Å². The number of carbonyl (C=O) groups is 2. The number of hydrogen-bond acceptors (Lipinski definition) is 6. The predicted molar refractivity (Wildman–Crippen MR) is 73.1 cm³/mol. The Morgan fingerprint density at radius 2 is 2.11 bits per heavy atom. The fourth-order valence-corrected chi connectivity index (χ4v) is 2.14. The van der Waals surface area contributed by atoms with E-state index in [-0.39, 0.29) is 39.2 Å². The van der Waals surface area contributed by atoms with Crippen LogP contribution in [0.15, 0.2) is 5.16 Å². The van der Waals surface area contributed by atoms with Crippen LogP contribution in [0.4, 0.5) is 5.00 Å². The first kappa shape index (κ1) is 17.1. The number of carbonyl (C=O) groups excluding carboxylic acids is 2. The molecule has 0 aromatic carbocycles. The maximum absolute atomic E-state index is 11.1. The van der Waals surface area contributed by atoms with Gasteiger partial charge in [-0.1, -0.05) is 28.1 Å². The van der Waals surface area contributed by atoms with Crippen LogP contribution in [0.25, 0.3) is 0 Å². The van der Waals surface area contributed by atoms with Crippen molar-refractivity contribution in [1.82, 2.24) is 4.98 Å². The molecule has 0 saturated carbocycles. The number of thiazole rings is 1. The van der Waals surface area contributed by atoms with Crippen LogP contribution >= 0.6 is 46.9 Å². The van der Waals surface area contributed by atoms with Crippen molar-refractivity contribution in [3.63, 3.8) is 0 Å². The lowest BCUT2D eigenvalue weighted by Crippen LogP contribution is -2.15. The molecule has 100 valence electrons. The van der Waals surface area contributed by atoms with Crippen molar-refractivity contribution in [2.24, 2.45) is 5.16 Å². The van der Waals surface area contributed by atoms with E-state index in [1.54, 1.807) is 0 Å². The van der Waals surface area contributed by atoms with Gasteiger partial charge in [0.2, 0.25) is 5.91 Å². The molecule has 0 unspecified atom stereocenters. The summed E-state index contributed by atoms with van der Waals surface area (Å²) in [6.07, 6.45) is 0. The molecule has 0 aliphatic carbocycles. The Labute approximate surface area is 123 Å². The van der Waals surface area contributed by atoms with Gasteiger partial charge >= 0.3 is 0 Å². The molecule has 0 bridgehead atoms. The zero-order valence-electron chi connectivity index (χ0n) is 9.19. The minimum Gasteiger partial charge on any atom is -0.398 e. The van der Waals surface area contributed by atoms with Gasteiger partial charge in [-0.3, -0.25) is 9.59 Å². The first-order valence-corrected chi connectivity index (χ1v) is 5.78. The van der Waals surface area contributed by atoms with E-state index in [1.165, 1.54) is 14.0 Å². The van der Waals surface area contributed by atoms with E-state index in [9.17, 15) is 9.59 Å². The maximum atomic E-state index is 11.1. The first-order valence-electron chi connectivity index (χ1n) is 4.21. The van der Waals surface area contributed by atoms with Gasteiger partial charge in [0.25, 0.3) is 5.24 Å². The van der Waals surface area contributed by atoms with Crippen molar-refractivity contribution in [2.75, 3.05) is 12.4 Å². The third kappa shape index (κ3) is 4.41. The van der Waals surface area contributed by atoms with Gasteiger partial charge in [-0.2, -0.15) is 0 Å². The van der Waals surface area contributed by atoms with Crippen molar-refractivity contribution in [3.05, 3.63) is 10.2 Å². The molecule has 1 N–H and O–H groups in total. The molecule has 0 saturated heterocycles. The highest BCUT2D eigenvalue weighted by Gasteiger charge is 2.22. The summed E-state index contributed by atoms with van der Waals surface area (Å²) in [4.78, 5) is 30.4. The number of nitrogens with zero attached hydrogens (tertiary/aromatic N) is 2. The lowest BCUT2D eigenvalue weighted by Gasteiger charge is -2.01. The Hall–Kier alpha value is -0.890. The third-order valence-electron chi connectivity index (χ3n) is 1.48. The van der Waals surface area contributed by atoms with E-state index < -0.39 is 5.24 Å². The monoisotopic (exact) mass is 331 g/mol.